The highest BCUT2D eigenvalue weighted by atomic mass is 16.5. The molecule has 29 heavy (non-hydrogen) atoms. The number of ether oxygens (including phenoxy) is 2. The van der Waals surface area contributed by atoms with Crippen molar-refractivity contribution in [3.63, 3.8) is 0 Å². The van der Waals surface area contributed by atoms with Gasteiger partial charge in [0, 0.05) is 5.56 Å². The molecule has 0 aromatic heterocycles. The number of aliphatic hydroxyl groups is 2. The molecule has 0 heterocycles. The molecular formula is C23H30O6. The van der Waals surface area contributed by atoms with Crippen molar-refractivity contribution in [2.45, 2.75) is 51.4 Å². The van der Waals surface area contributed by atoms with E-state index in [1.807, 2.05) is 0 Å². The first-order valence-electron chi connectivity index (χ1n) is 10.0. The van der Waals surface area contributed by atoms with Crippen molar-refractivity contribution in [3.8, 4) is 11.5 Å². The van der Waals surface area contributed by atoms with Crippen molar-refractivity contribution in [3.05, 3.63) is 48.1 Å². The Hall–Kier alpha value is -2.44. The van der Waals surface area contributed by atoms with E-state index in [1.54, 1.807) is 12.1 Å². The van der Waals surface area contributed by atoms with Gasteiger partial charge in [-0.2, -0.15) is 0 Å². The molecular weight excluding hydrogens is 372 g/mol. The summed E-state index contributed by atoms with van der Waals surface area (Å²) in [4.78, 5) is 24.0. The molecule has 1 saturated carbocycles. The van der Waals surface area contributed by atoms with Gasteiger partial charge in [0.15, 0.2) is 0 Å². The lowest BCUT2D eigenvalue weighted by Gasteiger charge is -2.29. The van der Waals surface area contributed by atoms with Gasteiger partial charge < -0.3 is 19.7 Å². The Balaban J connectivity index is 2.26. The molecule has 1 aromatic carbocycles. The van der Waals surface area contributed by atoms with Crippen LogP contribution in [0.15, 0.2) is 42.5 Å². The van der Waals surface area contributed by atoms with E-state index in [1.165, 1.54) is 18.9 Å². The minimum absolute atomic E-state index is 0.0302. The maximum Gasteiger partial charge on any atom is 0.341 e. The van der Waals surface area contributed by atoms with Crippen LogP contribution >= 0.6 is 0 Å². The molecule has 6 heteroatoms. The average Bonchev–Trinajstić information content (AvgIpc) is 2.74. The van der Waals surface area contributed by atoms with Crippen LogP contribution in [0, 0.1) is 5.92 Å². The standard InChI is InChI=1S/C23H30O6/c1-4-5-17-6-8-18(9-7-17)20-12-19(28-22(26)15(2)13-24)10-11-21(20)29-23(27)16(3)14-25/h10-12,17-18,24-25H,2-9,13-14H2,1H3. The number of esters is 2. The predicted octanol–water partition coefficient (Wildman–Crippen LogP) is 3.67. The second-order valence-electron chi connectivity index (χ2n) is 7.51. The first-order valence-corrected chi connectivity index (χ1v) is 10.0. The number of rotatable bonds is 9. The molecule has 1 aromatic rings. The zero-order valence-corrected chi connectivity index (χ0v) is 17.0. The molecule has 2 N–H and O–H groups in total. The first-order chi connectivity index (χ1) is 13.9. The van der Waals surface area contributed by atoms with Crippen molar-refractivity contribution in [1.29, 1.82) is 0 Å². The highest BCUT2D eigenvalue weighted by Crippen LogP contribution is 2.42. The van der Waals surface area contributed by atoms with Crippen LogP contribution in [0.4, 0.5) is 0 Å². The lowest BCUT2D eigenvalue weighted by molar-refractivity contribution is -0.131. The summed E-state index contributed by atoms with van der Waals surface area (Å²) in [6.45, 7) is 8.20. The maximum atomic E-state index is 12.1. The lowest BCUT2D eigenvalue weighted by Crippen LogP contribution is -2.18. The topological polar surface area (TPSA) is 93.1 Å². The van der Waals surface area contributed by atoms with Gasteiger partial charge in [0.25, 0.3) is 0 Å². The molecule has 0 atom stereocenters. The summed E-state index contributed by atoms with van der Waals surface area (Å²) < 4.78 is 10.7. The summed E-state index contributed by atoms with van der Waals surface area (Å²) >= 11 is 0. The van der Waals surface area contributed by atoms with E-state index in [-0.39, 0.29) is 17.1 Å². The van der Waals surface area contributed by atoms with Crippen LogP contribution in [-0.4, -0.2) is 35.4 Å². The third kappa shape index (κ3) is 6.27. The lowest BCUT2D eigenvalue weighted by atomic mass is 9.77. The average molecular weight is 402 g/mol. The zero-order valence-electron chi connectivity index (χ0n) is 17.0. The monoisotopic (exact) mass is 402 g/mol. The van der Waals surface area contributed by atoms with Gasteiger partial charge in [-0.1, -0.05) is 32.9 Å². The Morgan fingerprint density at radius 1 is 1.00 bits per heavy atom. The molecule has 0 amide bonds. The Morgan fingerprint density at radius 3 is 2.14 bits per heavy atom. The molecule has 1 aliphatic carbocycles. The summed E-state index contributed by atoms with van der Waals surface area (Å²) in [5, 5.41) is 18.2. The molecule has 0 unspecified atom stereocenters. The third-order valence-corrected chi connectivity index (χ3v) is 5.34. The molecule has 0 radical (unpaired) electrons. The Bertz CT molecular complexity index is 759. The molecule has 2 rings (SSSR count). The van der Waals surface area contributed by atoms with Crippen LogP contribution in [-0.2, 0) is 9.59 Å². The van der Waals surface area contributed by atoms with Gasteiger partial charge in [-0.15, -0.1) is 0 Å². The smallest absolute Gasteiger partial charge is 0.341 e. The maximum absolute atomic E-state index is 12.1. The highest BCUT2D eigenvalue weighted by molar-refractivity contribution is 5.90. The zero-order chi connectivity index (χ0) is 21.4. The van der Waals surface area contributed by atoms with Crippen LogP contribution < -0.4 is 9.47 Å². The van der Waals surface area contributed by atoms with Gasteiger partial charge in [0.1, 0.15) is 11.5 Å². The number of hydrogen-bond acceptors (Lipinski definition) is 6. The second-order valence-corrected chi connectivity index (χ2v) is 7.51. The van der Waals surface area contributed by atoms with E-state index in [9.17, 15) is 9.59 Å². The van der Waals surface area contributed by atoms with E-state index >= 15 is 0 Å². The van der Waals surface area contributed by atoms with Crippen molar-refractivity contribution < 1.29 is 29.3 Å². The largest absolute Gasteiger partial charge is 0.423 e. The van der Waals surface area contributed by atoms with Gasteiger partial charge in [-0.3, -0.25) is 0 Å². The van der Waals surface area contributed by atoms with Crippen LogP contribution in [0.1, 0.15) is 56.9 Å². The molecule has 158 valence electrons. The second kappa shape index (κ2) is 10.9. The Labute approximate surface area is 171 Å². The van der Waals surface area contributed by atoms with Gasteiger partial charge in [-0.25, -0.2) is 9.59 Å². The number of carbonyl (C=O) groups excluding carboxylic acids is 2. The van der Waals surface area contributed by atoms with E-state index in [0.29, 0.717) is 17.4 Å². The van der Waals surface area contributed by atoms with E-state index in [0.717, 1.165) is 31.2 Å². The number of benzene rings is 1. The fourth-order valence-corrected chi connectivity index (χ4v) is 3.65. The normalized spacial score (nSPS) is 18.7. The SMILES string of the molecule is C=C(CO)C(=O)Oc1ccc(OC(=O)C(=C)CO)c(C2CCC(CCC)CC2)c1. The van der Waals surface area contributed by atoms with Crippen LogP contribution in [0.3, 0.4) is 0 Å². The molecule has 0 spiro atoms. The van der Waals surface area contributed by atoms with Crippen molar-refractivity contribution in [2.75, 3.05) is 13.2 Å². The van der Waals surface area contributed by atoms with Crippen molar-refractivity contribution in [1.82, 2.24) is 0 Å². The van der Waals surface area contributed by atoms with Crippen LogP contribution in [0.5, 0.6) is 11.5 Å². The summed E-state index contributed by atoms with van der Waals surface area (Å²) in [6, 6.07) is 4.82. The quantitative estimate of drug-likeness (QED) is 0.372. The fraction of sp³-hybridized carbons (Fsp3) is 0.478. The Kier molecular flexibility index (Phi) is 8.61. The fourth-order valence-electron chi connectivity index (χ4n) is 3.65. The van der Waals surface area contributed by atoms with Gasteiger partial charge >= 0.3 is 11.9 Å². The van der Waals surface area contributed by atoms with E-state index < -0.39 is 25.2 Å². The van der Waals surface area contributed by atoms with Crippen molar-refractivity contribution in [2.24, 2.45) is 5.92 Å². The summed E-state index contributed by atoms with van der Waals surface area (Å²) in [6.07, 6.45) is 6.49. The molecule has 0 bridgehead atoms. The van der Waals surface area contributed by atoms with Crippen LogP contribution in [0.2, 0.25) is 0 Å². The summed E-state index contributed by atoms with van der Waals surface area (Å²) in [5.74, 6) is 0.175. The third-order valence-electron chi connectivity index (χ3n) is 5.34. The molecule has 0 aliphatic heterocycles. The van der Waals surface area contributed by atoms with Crippen molar-refractivity contribution >= 4 is 11.9 Å². The minimum Gasteiger partial charge on any atom is -0.423 e. The molecule has 1 aliphatic rings. The number of hydrogen-bond donors (Lipinski definition) is 2. The molecule has 6 nitrogen and oxygen atoms in total. The van der Waals surface area contributed by atoms with Crippen LogP contribution in [0.25, 0.3) is 0 Å². The molecule has 1 fully saturated rings. The minimum atomic E-state index is -0.705. The van der Waals surface area contributed by atoms with E-state index in [4.69, 9.17) is 19.7 Å². The van der Waals surface area contributed by atoms with E-state index in [2.05, 4.69) is 20.1 Å². The summed E-state index contributed by atoms with van der Waals surface area (Å²) in [5.41, 5.74) is 0.720. The van der Waals surface area contributed by atoms with Gasteiger partial charge in [0.2, 0.25) is 0 Å². The number of aliphatic hydroxyl groups excluding tert-OH is 2. The molecule has 0 saturated heterocycles. The summed E-state index contributed by atoms with van der Waals surface area (Å²) in [7, 11) is 0. The number of carbonyl (C=O) groups is 2. The predicted molar refractivity (Wildman–Crippen MR) is 110 cm³/mol. The highest BCUT2D eigenvalue weighted by Gasteiger charge is 2.26. The Morgan fingerprint density at radius 2 is 1.59 bits per heavy atom. The first kappa shape index (κ1) is 22.8. The van der Waals surface area contributed by atoms with Gasteiger partial charge in [0.05, 0.1) is 24.4 Å². The van der Waals surface area contributed by atoms with Gasteiger partial charge in [-0.05, 0) is 55.7 Å².